The Balaban J connectivity index is 1.37. The summed E-state index contributed by atoms with van der Waals surface area (Å²) in [6, 6.07) is 10.2. The van der Waals surface area contributed by atoms with E-state index < -0.39 is 0 Å². The molecule has 26 heavy (non-hydrogen) atoms. The van der Waals surface area contributed by atoms with Crippen molar-refractivity contribution in [3.05, 3.63) is 35.9 Å². The van der Waals surface area contributed by atoms with Crippen LogP contribution in [0.5, 0.6) is 0 Å². The number of amides is 2. The lowest BCUT2D eigenvalue weighted by Gasteiger charge is -2.47. The zero-order valence-electron chi connectivity index (χ0n) is 15.4. The Kier molecular flexibility index (Phi) is 4.98. The van der Waals surface area contributed by atoms with Crippen LogP contribution >= 0.6 is 0 Å². The number of carbonyl (C=O) groups excluding carboxylic acids is 2. The lowest BCUT2D eigenvalue weighted by atomic mass is 9.72. The first-order chi connectivity index (χ1) is 12.7. The number of nitrogens with zero attached hydrogens (tertiary/aromatic N) is 2. The molecule has 3 heterocycles. The van der Waals surface area contributed by atoms with Gasteiger partial charge in [-0.3, -0.25) is 9.59 Å². The molecule has 0 aromatic heterocycles. The van der Waals surface area contributed by atoms with Gasteiger partial charge in [-0.15, -0.1) is 0 Å². The van der Waals surface area contributed by atoms with E-state index in [-0.39, 0.29) is 23.1 Å². The second kappa shape index (κ2) is 7.39. The van der Waals surface area contributed by atoms with Crippen LogP contribution in [-0.4, -0.2) is 54.5 Å². The van der Waals surface area contributed by atoms with Crippen molar-refractivity contribution < 1.29 is 14.3 Å². The average molecular weight is 356 g/mol. The number of hydrogen-bond donors (Lipinski definition) is 0. The second-order valence-corrected chi connectivity index (χ2v) is 8.12. The topological polar surface area (TPSA) is 49.9 Å². The molecule has 1 atom stereocenters. The Morgan fingerprint density at radius 1 is 1.15 bits per heavy atom. The predicted octanol–water partition coefficient (Wildman–Crippen LogP) is 2.45. The van der Waals surface area contributed by atoms with Crippen LogP contribution in [-0.2, 0) is 20.9 Å². The highest BCUT2D eigenvalue weighted by molar-refractivity contribution is 5.79. The van der Waals surface area contributed by atoms with Gasteiger partial charge in [0.15, 0.2) is 0 Å². The van der Waals surface area contributed by atoms with E-state index in [0.717, 1.165) is 45.3 Å². The summed E-state index contributed by atoms with van der Waals surface area (Å²) in [6.07, 6.45) is 4.47. The molecule has 1 aromatic rings. The second-order valence-electron chi connectivity index (χ2n) is 8.12. The lowest BCUT2D eigenvalue weighted by molar-refractivity contribution is -0.144. The molecule has 0 saturated carbocycles. The third kappa shape index (κ3) is 3.63. The molecule has 1 aromatic carbocycles. The van der Waals surface area contributed by atoms with E-state index >= 15 is 0 Å². The van der Waals surface area contributed by atoms with Gasteiger partial charge < -0.3 is 14.5 Å². The molecule has 2 amide bonds. The molecule has 3 saturated heterocycles. The minimum atomic E-state index is 0.0616. The van der Waals surface area contributed by atoms with Crippen LogP contribution in [0.1, 0.15) is 37.7 Å². The Morgan fingerprint density at radius 3 is 2.62 bits per heavy atom. The summed E-state index contributed by atoms with van der Waals surface area (Å²) < 4.78 is 5.37. The van der Waals surface area contributed by atoms with E-state index in [1.54, 1.807) is 0 Å². The van der Waals surface area contributed by atoms with E-state index in [0.29, 0.717) is 26.2 Å². The highest BCUT2D eigenvalue weighted by atomic mass is 16.5. The summed E-state index contributed by atoms with van der Waals surface area (Å²) in [7, 11) is 0. The standard InChI is InChI=1S/C21H28N2O3/c24-19-6-8-21(16-23(19)14-17-4-2-1-3-5-17)9-11-22(12-10-21)20(25)18-7-13-26-15-18/h1-5,18H,6-16H2/t18-/m0/s1. The van der Waals surface area contributed by atoms with Crippen molar-refractivity contribution in [3.63, 3.8) is 0 Å². The van der Waals surface area contributed by atoms with Gasteiger partial charge in [-0.05, 0) is 36.7 Å². The Hall–Kier alpha value is -1.88. The van der Waals surface area contributed by atoms with E-state index in [1.165, 1.54) is 5.56 Å². The highest BCUT2D eigenvalue weighted by Gasteiger charge is 2.42. The molecule has 0 aliphatic carbocycles. The number of carbonyl (C=O) groups is 2. The number of rotatable bonds is 3. The van der Waals surface area contributed by atoms with E-state index in [2.05, 4.69) is 12.1 Å². The summed E-state index contributed by atoms with van der Waals surface area (Å²) >= 11 is 0. The smallest absolute Gasteiger partial charge is 0.228 e. The SMILES string of the molecule is O=C1CCC2(CCN(C(=O)[C@H]3CCOC3)CC2)CN1Cc1ccccc1. The van der Waals surface area contributed by atoms with E-state index in [9.17, 15) is 9.59 Å². The molecule has 1 spiro atoms. The monoisotopic (exact) mass is 356 g/mol. The Labute approximate surface area is 155 Å². The molecule has 3 aliphatic rings. The first-order valence-electron chi connectivity index (χ1n) is 9.83. The minimum Gasteiger partial charge on any atom is -0.381 e. The van der Waals surface area contributed by atoms with Gasteiger partial charge in [0.05, 0.1) is 12.5 Å². The molecule has 0 unspecified atom stereocenters. The maximum absolute atomic E-state index is 12.6. The quantitative estimate of drug-likeness (QED) is 0.836. The van der Waals surface area contributed by atoms with Gasteiger partial charge in [-0.1, -0.05) is 30.3 Å². The summed E-state index contributed by atoms with van der Waals surface area (Å²) in [5.41, 5.74) is 1.37. The first kappa shape index (κ1) is 17.5. The molecular weight excluding hydrogens is 328 g/mol. The molecule has 4 rings (SSSR count). The predicted molar refractivity (Wildman–Crippen MR) is 98.3 cm³/mol. The number of benzene rings is 1. The van der Waals surface area contributed by atoms with Gasteiger partial charge in [0.1, 0.15) is 0 Å². The molecular formula is C21H28N2O3. The number of hydrogen-bond acceptors (Lipinski definition) is 3. The Bertz CT molecular complexity index is 646. The van der Waals surface area contributed by atoms with Crippen LogP contribution in [0, 0.1) is 11.3 Å². The fourth-order valence-electron chi connectivity index (χ4n) is 4.65. The number of ether oxygens (including phenoxy) is 1. The number of piperidine rings is 2. The molecule has 0 radical (unpaired) electrons. The Morgan fingerprint density at radius 2 is 1.92 bits per heavy atom. The molecule has 140 valence electrons. The third-order valence-electron chi connectivity index (χ3n) is 6.38. The first-order valence-corrected chi connectivity index (χ1v) is 9.83. The zero-order chi connectivity index (χ0) is 18.0. The summed E-state index contributed by atoms with van der Waals surface area (Å²) in [6.45, 7) is 4.47. The molecule has 3 aliphatic heterocycles. The van der Waals surface area contributed by atoms with Crippen molar-refractivity contribution in [2.75, 3.05) is 32.8 Å². The van der Waals surface area contributed by atoms with Crippen molar-refractivity contribution in [1.82, 2.24) is 9.80 Å². The highest BCUT2D eigenvalue weighted by Crippen LogP contribution is 2.41. The van der Waals surface area contributed by atoms with Crippen LogP contribution in [0.2, 0.25) is 0 Å². The van der Waals surface area contributed by atoms with Gasteiger partial charge in [0, 0.05) is 39.2 Å². The largest absolute Gasteiger partial charge is 0.381 e. The summed E-state index contributed by atoms with van der Waals surface area (Å²) in [4.78, 5) is 29.1. The van der Waals surface area contributed by atoms with Gasteiger partial charge in [-0.25, -0.2) is 0 Å². The molecule has 3 fully saturated rings. The van der Waals surface area contributed by atoms with E-state index in [1.807, 2.05) is 28.0 Å². The van der Waals surface area contributed by atoms with Crippen molar-refractivity contribution >= 4 is 11.8 Å². The van der Waals surface area contributed by atoms with Crippen LogP contribution in [0.15, 0.2) is 30.3 Å². The summed E-state index contributed by atoms with van der Waals surface area (Å²) in [5.74, 6) is 0.595. The van der Waals surface area contributed by atoms with E-state index in [4.69, 9.17) is 4.74 Å². The molecule has 0 N–H and O–H groups in total. The average Bonchev–Trinajstić information content (AvgIpc) is 3.21. The van der Waals surface area contributed by atoms with Crippen LogP contribution in [0.25, 0.3) is 0 Å². The minimum absolute atomic E-state index is 0.0616. The molecule has 5 heteroatoms. The van der Waals surface area contributed by atoms with Gasteiger partial charge in [0.2, 0.25) is 11.8 Å². The molecule has 5 nitrogen and oxygen atoms in total. The van der Waals surface area contributed by atoms with Crippen LogP contribution in [0.4, 0.5) is 0 Å². The zero-order valence-corrected chi connectivity index (χ0v) is 15.4. The van der Waals surface area contributed by atoms with Crippen molar-refractivity contribution in [3.8, 4) is 0 Å². The van der Waals surface area contributed by atoms with Gasteiger partial charge >= 0.3 is 0 Å². The van der Waals surface area contributed by atoms with Crippen molar-refractivity contribution in [2.24, 2.45) is 11.3 Å². The van der Waals surface area contributed by atoms with Crippen molar-refractivity contribution in [2.45, 2.75) is 38.6 Å². The molecule has 0 bridgehead atoms. The summed E-state index contributed by atoms with van der Waals surface area (Å²) in [5, 5.41) is 0. The fraction of sp³-hybridized carbons (Fsp3) is 0.619. The van der Waals surface area contributed by atoms with Gasteiger partial charge in [0.25, 0.3) is 0 Å². The fourth-order valence-corrected chi connectivity index (χ4v) is 4.65. The van der Waals surface area contributed by atoms with Crippen LogP contribution in [0.3, 0.4) is 0 Å². The third-order valence-corrected chi connectivity index (χ3v) is 6.38. The van der Waals surface area contributed by atoms with Crippen LogP contribution < -0.4 is 0 Å². The number of likely N-dealkylation sites (tertiary alicyclic amines) is 2. The maximum atomic E-state index is 12.6. The van der Waals surface area contributed by atoms with Gasteiger partial charge in [-0.2, -0.15) is 0 Å². The maximum Gasteiger partial charge on any atom is 0.228 e. The van der Waals surface area contributed by atoms with Crippen molar-refractivity contribution in [1.29, 1.82) is 0 Å². The lowest BCUT2D eigenvalue weighted by Crippen LogP contribution is -2.52. The normalized spacial score (nSPS) is 25.7.